The third-order valence-corrected chi connectivity index (χ3v) is 1.95. The van der Waals surface area contributed by atoms with Gasteiger partial charge in [-0.2, -0.15) is 0 Å². The van der Waals surface area contributed by atoms with Crippen molar-refractivity contribution in [3.05, 3.63) is 28.8 Å². The molecule has 3 N–H and O–H groups in total. The third-order valence-electron chi connectivity index (χ3n) is 1.44. The molecule has 0 radical (unpaired) electrons. The molecule has 0 aliphatic carbocycles. The number of anilines is 1. The van der Waals surface area contributed by atoms with E-state index >= 15 is 0 Å². The van der Waals surface area contributed by atoms with Gasteiger partial charge in [-0.3, -0.25) is 0 Å². The first-order valence-electron chi connectivity index (χ1n) is 3.42. The second-order valence-corrected chi connectivity index (χ2v) is 3.30. The monoisotopic (exact) mass is 200 g/mol. The lowest BCUT2D eigenvalue weighted by atomic mass is 10.2. The fraction of sp³-hybridized carbons (Fsp3) is 0.125. The number of benzene rings is 1. The summed E-state index contributed by atoms with van der Waals surface area (Å²) >= 11 is 10.6. The highest BCUT2D eigenvalue weighted by Gasteiger charge is 1.97. The van der Waals surface area contributed by atoms with E-state index in [2.05, 4.69) is 17.5 Å². The Morgan fingerprint density at radius 2 is 2.25 bits per heavy atom. The molecule has 0 spiro atoms. The Hall–Kier alpha value is -0.800. The maximum atomic E-state index is 5.87. The van der Waals surface area contributed by atoms with E-state index in [0.717, 1.165) is 11.3 Å². The van der Waals surface area contributed by atoms with Gasteiger partial charge in [-0.05, 0) is 36.8 Å². The molecule has 1 aromatic carbocycles. The number of hydrogen-bond acceptors (Lipinski definition) is 1. The van der Waals surface area contributed by atoms with Gasteiger partial charge in [0, 0.05) is 10.7 Å². The first kappa shape index (κ1) is 9.29. The van der Waals surface area contributed by atoms with Crippen LogP contribution in [0.25, 0.3) is 0 Å². The molecule has 1 rings (SSSR count). The lowest BCUT2D eigenvalue weighted by Gasteiger charge is -2.04. The molecule has 1 aromatic rings. The van der Waals surface area contributed by atoms with Crippen LogP contribution in [0.1, 0.15) is 5.56 Å². The van der Waals surface area contributed by atoms with Crippen LogP contribution in [-0.4, -0.2) is 5.11 Å². The molecule has 0 bridgehead atoms. The number of rotatable bonds is 1. The average Bonchev–Trinajstić information content (AvgIpc) is 1.96. The van der Waals surface area contributed by atoms with Crippen LogP contribution < -0.4 is 11.1 Å². The minimum Gasteiger partial charge on any atom is -0.376 e. The lowest BCUT2D eigenvalue weighted by Crippen LogP contribution is -2.18. The third kappa shape index (κ3) is 2.36. The van der Waals surface area contributed by atoms with Crippen molar-refractivity contribution in [1.29, 1.82) is 0 Å². The SMILES string of the molecule is Cc1ccc(NC(N)=S)cc1Cl. The predicted molar refractivity (Wildman–Crippen MR) is 56.6 cm³/mol. The van der Waals surface area contributed by atoms with Crippen LogP contribution in [0.4, 0.5) is 5.69 Å². The smallest absolute Gasteiger partial charge is 0.168 e. The van der Waals surface area contributed by atoms with Crippen LogP contribution in [-0.2, 0) is 0 Å². The molecule has 0 aliphatic rings. The summed E-state index contributed by atoms with van der Waals surface area (Å²) in [6.45, 7) is 1.94. The van der Waals surface area contributed by atoms with E-state index in [0.29, 0.717) is 5.02 Å². The molecule has 0 unspecified atom stereocenters. The summed E-state index contributed by atoms with van der Waals surface area (Å²) in [6, 6.07) is 5.57. The summed E-state index contributed by atoms with van der Waals surface area (Å²) in [7, 11) is 0. The highest BCUT2D eigenvalue weighted by atomic mass is 35.5. The first-order valence-corrected chi connectivity index (χ1v) is 4.21. The average molecular weight is 201 g/mol. The van der Waals surface area contributed by atoms with Crippen molar-refractivity contribution in [3.8, 4) is 0 Å². The number of halogens is 1. The molecular weight excluding hydrogens is 192 g/mol. The van der Waals surface area contributed by atoms with E-state index < -0.39 is 0 Å². The van der Waals surface area contributed by atoms with Crippen molar-refractivity contribution in [3.63, 3.8) is 0 Å². The molecule has 0 aromatic heterocycles. The normalized spacial score (nSPS) is 9.50. The maximum Gasteiger partial charge on any atom is 0.168 e. The Morgan fingerprint density at radius 1 is 1.58 bits per heavy atom. The molecule has 2 nitrogen and oxygen atoms in total. The molecule has 0 saturated carbocycles. The largest absolute Gasteiger partial charge is 0.376 e. The molecule has 4 heteroatoms. The van der Waals surface area contributed by atoms with Gasteiger partial charge in [0.05, 0.1) is 0 Å². The van der Waals surface area contributed by atoms with Gasteiger partial charge in [0.15, 0.2) is 5.11 Å². The molecule has 64 valence electrons. The Kier molecular flexibility index (Phi) is 2.89. The quantitative estimate of drug-likeness (QED) is 0.684. The fourth-order valence-corrected chi connectivity index (χ4v) is 1.11. The molecule has 12 heavy (non-hydrogen) atoms. The predicted octanol–water partition coefficient (Wildman–Crippen LogP) is 2.30. The van der Waals surface area contributed by atoms with Crippen molar-refractivity contribution in [1.82, 2.24) is 0 Å². The molecule has 0 heterocycles. The van der Waals surface area contributed by atoms with E-state index in [1.165, 1.54) is 0 Å². The Bertz CT molecular complexity index is 312. The van der Waals surface area contributed by atoms with Gasteiger partial charge < -0.3 is 11.1 Å². The highest BCUT2D eigenvalue weighted by Crippen LogP contribution is 2.19. The second kappa shape index (κ2) is 3.74. The molecule has 0 fully saturated rings. The number of nitrogens with two attached hydrogens (primary N) is 1. The zero-order valence-electron chi connectivity index (χ0n) is 6.60. The van der Waals surface area contributed by atoms with Crippen molar-refractivity contribution >= 4 is 34.6 Å². The molecule has 0 atom stereocenters. The summed E-state index contributed by atoms with van der Waals surface area (Å²) < 4.78 is 0. The lowest BCUT2D eigenvalue weighted by molar-refractivity contribution is 1.46. The zero-order chi connectivity index (χ0) is 9.14. The van der Waals surface area contributed by atoms with Crippen LogP contribution in [0.15, 0.2) is 18.2 Å². The van der Waals surface area contributed by atoms with Gasteiger partial charge in [0.25, 0.3) is 0 Å². The van der Waals surface area contributed by atoms with E-state index in [9.17, 15) is 0 Å². The number of hydrogen-bond donors (Lipinski definition) is 2. The number of aryl methyl sites for hydroxylation is 1. The van der Waals surface area contributed by atoms with Gasteiger partial charge >= 0.3 is 0 Å². The van der Waals surface area contributed by atoms with Crippen molar-refractivity contribution in [2.24, 2.45) is 5.73 Å². The van der Waals surface area contributed by atoms with Gasteiger partial charge in [0.2, 0.25) is 0 Å². The first-order chi connectivity index (χ1) is 5.59. The minimum absolute atomic E-state index is 0.245. The summed E-state index contributed by atoms with van der Waals surface area (Å²) in [5.74, 6) is 0. The van der Waals surface area contributed by atoms with Crippen molar-refractivity contribution in [2.45, 2.75) is 6.92 Å². The van der Waals surface area contributed by atoms with Crippen LogP contribution in [0.3, 0.4) is 0 Å². The minimum atomic E-state index is 0.245. The summed E-state index contributed by atoms with van der Waals surface area (Å²) in [5.41, 5.74) is 7.14. The fourth-order valence-electron chi connectivity index (χ4n) is 0.813. The Labute approximate surface area is 81.7 Å². The van der Waals surface area contributed by atoms with E-state index in [4.69, 9.17) is 17.3 Å². The number of nitrogens with one attached hydrogen (secondary N) is 1. The molecule has 0 aliphatic heterocycles. The summed E-state index contributed by atoms with van der Waals surface area (Å²) in [5, 5.41) is 3.75. The zero-order valence-corrected chi connectivity index (χ0v) is 8.17. The molecule has 0 amide bonds. The van der Waals surface area contributed by atoms with E-state index in [1.807, 2.05) is 19.1 Å². The van der Waals surface area contributed by atoms with Crippen molar-refractivity contribution < 1.29 is 0 Å². The summed E-state index contributed by atoms with van der Waals surface area (Å²) in [4.78, 5) is 0. The Morgan fingerprint density at radius 3 is 2.75 bits per heavy atom. The van der Waals surface area contributed by atoms with Gasteiger partial charge in [0.1, 0.15) is 0 Å². The van der Waals surface area contributed by atoms with Crippen LogP contribution in [0.5, 0.6) is 0 Å². The van der Waals surface area contributed by atoms with E-state index in [-0.39, 0.29) is 5.11 Å². The van der Waals surface area contributed by atoms with Crippen molar-refractivity contribution in [2.75, 3.05) is 5.32 Å². The van der Waals surface area contributed by atoms with E-state index in [1.54, 1.807) is 6.07 Å². The molecular formula is C8H9ClN2S. The second-order valence-electron chi connectivity index (χ2n) is 2.45. The number of thiocarbonyl (C=S) groups is 1. The van der Waals surface area contributed by atoms with Crippen LogP contribution >= 0.6 is 23.8 Å². The maximum absolute atomic E-state index is 5.87. The van der Waals surface area contributed by atoms with Gasteiger partial charge in [-0.1, -0.05) is 17.7 Å². The highest BCUT2D eigenvalue weighted by molar-refractivity contribution is 7.80. The molecule has 0 saturated heterocycles. The van der Waals surface area contributed by atoms with Crippen LogP contribution in [0, 0.1) is 6.92 Å². The van der Waals surface area contributed by atoms with Gasteiger partial charge in [-0.25, -0.2) is 0 Å². The van der Waals surface area contributed by atoms with Crippen LogP contribution in [0.2, 0.25) is 5.02 Å². The summed E-state index contributed by atoms with van der Waals surface area (Å²) in [6.07, 6.45) is 0. The Balaban J connectivity index is 2.89. The topological polar surface area (TPSA) is 38.0 Å². The van der Waals surface area contributed by atoms with Gasteiger partial charge in [-0.15, -0.1) is 0 Å². The standard InChI is InChI=1S/C8H9ClN2S/c1-5-2-3-6(4-7(5)9)11-8(10)12/h2-4H,1H3,(H3,10,11,12).